The summed E-state index contributed by atoms with van der Waals surface area (Å²) in [5.41, 5.74) is 2.56. The predicted molar refractivity (Wildman–Crippen MR) is 77.6 cm³/mol. The zero-order chi connectivity index (χ0) is 14.0. The number of fused-ring (bicyclic) bond motifs is 1. The van der Waals surface area contributed by atoms with E-state index in [4.69, 9.17) is 0 Å². The van der Waals surface area contributed by atoms with Crippen molar-refractivity contribution in [3.05, 3.63) is 29.8 Å². The first-order valence-corrected chi connectivity index (χ1v) is 6.96. The number of carboxylic acid groups (broad SMARTS) is 1. The fourth-order valence-electron chi connectivity index (χ4n) is 2.73. The van der Waals surface area contributed by atoms with Crippen molar-refractivity contribution in [2.45, 2.75) is 46.1 Å². The van der Waals surface area contributed by atoms with E-state index in [-0.39, 0.29) is 0 Å². The largest absolute Gasteiger partial charge is 0.480 e. The van der Waals surface area contributed by atoms with Crippen LogP contribution in [-0.2, 0) is 11.2 Å². The molecular weight excluding hydrogens is 238 g/mol. The van der Waals surface area contributed by atoms with Crippen molar-refractivity contribution in [2.24, 2.45) is 5.41 Å². The highest BCUT2D eigenvalue weighted by Crippen LogP contribution is 2.33. The number of rotatable bonds is 4. The number of nitrogens with zero attached hydrogens (tertiary/aromatic N) is 1. The van der Waals surface area contributed by atoms with Gasteiger partial charge in [-0.15, -0.1) is 0 Å². The van der Waals surface area contributed by atoms with Crippen molar-refractivity contribution >= 4 is 11.7 Å². The average Bonchev–Trinajstić information content (AvgIpc) is 2.67. The van der Waals surface area contributed by atoms with Crippen LogP contribution in [0.5, 0.6) is 0 Å². The lowest BCUT2D eigenvalue weighted by molar-refractivity contribution is -0.138. The average molecular weight is 261 g/mol. The zero-order valence-corrected chi connectivity index (χ0v) is 12.0. The molecule has 0 saturated heterocycles. The highest BCUT2D eigenvalue weighted by atomic mass is 16.4. The summed E-state index contributed by atoms with van der Waals surface area (Å²) in [5.74, 6) is -0.716. The highest BCUT2D eigenvalue weighted by molar-refractivity contribution is 5.82. The molecule has 1 atom stereocenters. The first-order chi connectivity index (χ1) is 8.88. The third-order valence-corrected chi connectivity index (χ3v) is 3.70. The number of hydrogen-bond acceptors (Lipinski definition) is 2. The molecule has 1 unspecified atom stereocenters. The van der Waals surface area contributed by atoms with Crippen molar-refractivity contribution in [1.82, 2.24) is 0 Å². The normalized spacial score (nSPS) is 18.5. The van der Waals surface area contributed by atoms with Gasteiger partial charge < -0.3 is 10.0 Å². The molecule has 3 heteroatoms. The van der Waals surface area contributed by atoms with Crippen LogP contribution >= 0.6 is 0 Å². The van der Waals surface area contributed by atoms with E-state index >= 15 is 0 Å². The maximum atomic E-state index is 11.4. The van der Waals surface area contributed by atoms with Crippen LogP contribution in [-0.4, -0.2) is 23.7 Å². The Hall–Kier alpha value is -1.51. The molecule has 1 aromatic carbocycles. The quantitative estimate of drug-likeness (QED) is 0.903. The summed E-state index contributed by atoms with van der Waals surface area (Å²) in [7, 11) is 0. The fraction of sp³-hybridized carbons (Fsp3) is 0.562. The van der Waals surface area contributed by atoms with Crippen LogP contribution in [0, 0.1) is 5.41 Å². The monoisotopic (exact) mass is 261 g/mol. The fourth-order valence-corrected chi connectivity index (χ4v) is 2.73. The Bertz CT molecular complexity index is 462. The Morgan fingerprint density at radius 3 is 2.68 bits per heavy atom. The molecule has 0 fully saturated rings. The Morgan fingerprint density at radius 2 is 2.05 bits per heavy atom. The van der Waals surface area contributed by atoms with E-state index in [0.29, 0.717) is 11.8 Å². The van der Waals surface area contributed by atoms with Gasteiger partial charge in [0.2, 0.25) is 0 Å². The van der Waals surface area contributed by atoms with Crippen molar-refractivity contribution < 1.29 is 9.90 Å². The van der Waals surface area contributed by atoms with Gasteiger partial charge in [0.15, 0.2) is 0 Å². The number of benzene rings is 1. The molecule has 0 aromatic heterocycles. The number of anilines is 1. The van der Waals surface area contributed by atoms with E-state index in [2.05, 4.69) is 25.7 Å². The second-order valence-corrected chi connectivity index (χ2v) is 6.54. The van der Waals surface area contributed by atoms with Crippen molar-refractivity contribution in [2.75, 3.05) is 11.4 Å². The van der Waals surface area contributed by atoms with Crippen LogP contribution in [0.3, 0.4) is 0 Å². The van der Waals surface area contributed by atoms with Gasteiger partial charge in [-0.1, -0.05) is 39.0 Å². The van der Waals surface area contributed by atoms with E-state index in [0.717, 1.165) is 30.6 Å². The van der Waals surface area contributed by atoms with Gasteiger partial charge in [-0.3, -0.25) is 0 Å². The molecule has 1 aliphatic rings. The zero-order valence-electron chi connectivity index (χ0n) is 12.0. The van der Waals surface area contributed by atoms with Gasteiger partial charge in [0.05, 0.1) is 0 Å². The van der Waals surface area contributed by atoms with Crippen LogP contribution in [0.25, 0.3) is 0 Å². The lowest BCUT2D eigenvalue weighted by Gasteiger charge is -2.26. The van der Waals surface area contributed by atoms with Crippen LogP contribution in [0.4, 0.5) is 5.69 Å². The summed E-state index contributed by atoms with van der Waals surface area (Å²) in [6.07, 6.45) is 2.76. The van der Waals surface area contributed by atoms with Crippen LogP contribution in [0.2, 0.25) is 0 Å². The Morgan fingerprint density at radius 1 is 1.37 bits per heavy atom. The topological polar surface area (TPSA) is 40.5 Å². The molecule has 0 spiro atoms. The van der Waals surface area contributed by atoms with Crippen molar-refractivity contribution in [3.63, 3.8) is 0 Å². The predicted octanol–water partition coefficient (Wildman–Crippen LogP) is 3.33. The molecule has 0 saturated carbocycles. The summed E-state index contributed by atoms with van der Waals surface area (Å²) in [6.45, 7) is 7.49. The molecule has 1 aromatic rings. The van der Waals surface area contributed by atoms with Crippen molar-refractivity contribution in [3.8, 4) is 0 Å². The summed E-state index contributed by atoms with van der Waals surface area (Å²) in [4.78, 5) is 13.5. The number of carboxylic acids is 1. The van der Waals surface area contributed by atoms with Gasteiger partial charge in [0.1, 0.15) is 6.04 Å². The number of carbonyl (C=O) groups is 1. The second kappa shape index (κ2) is 5.24. The number of para-hydroxylation sites is 1. The lowest BCUT2D eigenvalue weighted by atomic mass is 9.90. The molecule has 1 aliphatic heterocycles. The molecule has 1 heterocycles. The molecule has 19 heavy (non-hydrogen) atoms. The molecule has 1 N–H and O–H groups in total. The Kier molecular flexibility index (Phi) is 3.83. The third-order valence-electron chi connectivity index (χ3n) is 3.70. The van der Waals surface area contributed by atoms with Gasteiger partial charge in [-0.2, -0.15) is 0 Å². The minimum Gasteiger partial charge on any atom is -0.480 e. The van der Waals surface area contributed by atoms with Crippen LogP contribution in [0.1, 0.15) is 39.2 Å². The van der Waals surface area contributed by atoms with E-state index in [1.54, 1.807) is 0 Å². The van der Waals surface area contributed by atoms with E-state index in [1.807, 2.05) is 24.3 Å². The Balaban J connectivity index is 2.09. The maximum absolute atomic E-state index is 11.4. The van der Waals surface area contributed by atoms with Gasteiger partial charge >= 0.3 is 5.97 Å². The van der Waals surface area contributed by atoms with Gasteiger partial charge in [0, 0.05) is 18.7 Å². The summed E-state index contributed by atoms with van der Waals surface area (Å²) >= 11 is 0. The van der Waals surface area contributed by atoms with Crippen LogP contribution < -0.4 is 4.90 Å². The highest BCUT2D eigenvalue weighted by Gasteiger charge is 2.33. The number of hydrogen-bond donors (Lipinski definition) is 1. The Labute approximate surface area is 115 Å². The second-order valence-electron chi connectivity index (χ2n) is 6.54. The molecule has 0 radical (unpaired) electrons. The standard InChI is InChI=1S/C16H23NO2/c1-16(2,3)9-6-10-17-13-8-5-4-7-12(13)11-14(17)15(18)19/h4-5,7-8,14H,6,9-11H2,1-3H3,(H,18,19). The summed E-state index contributed by atoms with van der Waals surface area (Å²) in [6, 6.07) is 7.65. The first kappa shape index (κ1) is 13.9. The maximum Gasteiger partial charge on any atom is 0.326 e. The molecule has 3 nitrogen and oxygen atoms in total. The minimum absolute atomic E-state index is 0.304. The smallest absolute Gasteiger partial charge is 0.326 e. The van der Waals surface area contributed by atoms with E-state index in [1.165, 1.54) is 0 Å². The van der Waals surface area contributed by atoms with Crippen LogP contribution in [0.15, 0.2) is 24.3 Å². The third kappa shape index (κ3) is 3.28. The minimum atomic E-state index is -0.716. The molecule has 104 valence electrons. The van der Waals surface area contributed by atoms with Gasteiger partial charge in [-0.25, -0.2) is 4.79 Å². The molecular formula is C16H23NO2. The first-order valence-electron chi connectivity index (χ1n) is 6.96. The molecule has 2 rings (SSSR count). The lowest BCUT2D eigenvalue weighted by Crippen LogP contribution is -2.39. The van der Waals surface area contributed by atoms with Gasteiger partial charge in [-0.05, 0) is 29.9 Å². The molecule has 0 bridgehead atoms. The van der Waals surface area contributed by atoms with Gasteiger partial charge in [0.25, 0.3) is 0 Å². The summed E-state index contributed by atoms with van der Waals surface area (Å²) in [5, 5.41) is 9.37. The molecule has 0 aliphatic carbocycles. The van der Waals surface area contributed by atoms with E-state index < -0.39 is 12.0 Å². The summed E-state index contributed by atoms with van der Waals surface area (Å²) < 4.78 is 0. The molecule has 0 amide bonds. The SMILES string of the molecule is CC(C)(C)CCCN1c2ccccc2CC1C(=O)O. The van der Waals surface area contributed by atoms with Crippen molar-refractivity contribution in [1.29, 1.82) is 0 Å². The van der Waals surface area contributed by atoms with E-state index in [9.17, 15) is 9.90 Å². The number of aliphatic carboxylic acids is 1.